The lowest BCUT2D eigenvalue weighted by Crippen LogP contribution is -2.30. The first-order valence-corrected chi connectivity index (χ1v) is 10.4. The minimum atomic E-state index is -3.62. The fourth-order valence-corrected chi connectivity index (χ4v) is 3.82. The third-order valence-corrected chi connectivity index (χ3v) is 5.54. The molecule has 0 fully saturated rings. The van der Waals surface area contributed by atoms with Crippen molar-refractivity contribution in [2.24, 2.45) is 0 Å². The number of carbonyl (C=O) groups excluding carboxylic acids is 1. The Morgan fingerprint density at radius 3 is 2.39 bits per heavy atom. The molecule has 0 aliphatic heterocycles. The summed E-state index contributed by atoms with van der Waals surface area (Å²) in [7, 11) is -2.06. The minimum Gasteiger partial charge on any atom is -0.487 e. The molecule has 0 saturated carbocycles. The Morgan fingerprint density at radius 1 is 1.11 bits per heavy atom. The lowest BCUT2D eigenvalue weighted by molar-refractivity contribution is 0.102. The number of nitrogens with one attached hydrogen (secondary N) is 2. The van der Waals surface area contributed by atoms with Crippen LogP contribution in [0.5, 0.6) is 5.75 Å². The summed E-state index contributed by atoms with van der Waals surface area (Å²) in [5.74, 6) is -0.0745. The molecule has 0 heterocycles. The van der Waals surface area contributed by atoms with E-state index in [4.69, 9.17) is 21.1 Å². The molecule has 0 aliphatic carbocycles. The summed E-state index contributed by atoms with van der Waals surface area (Å²) in [5, 5.41) is 3.09. The lowest BCUT2D eigenvalue weighted by atomic mass is 10.2. The molecule has 2 rings (SSSR count). The van der Waals surface area contributed by atoms with Gasteiger partial charge in [-0.25, -0.2) is 13.1 Å². The third kappa shape index (κ3) is 5.93. The number of anilines is 1. The number of rotatable bonds is 9. The highest BCUT2D eigenvalue weighted by atomic mass is 35.5. The van der Waals surface area contributed by atoms with Gasteiger partial charge in [-0.2, -0.15) is 0 Å². The molecule has 0 unspecified atom stereocenters. The molecule has 9 heteroatoms. The van der Waals surface area contributed by atoms with Crippen molar-refractivity contribution in [1.82, 2.24) is 4.72 Å². The van der Waals surface area contributed by atoms with E-state index in [1.165, 1.54) is 24.3 Å². The van der Waals surface area contributed by atoms with E-state index in [1.807, 2.05) is 0 Å². The first-order chi connectivity index (χ1) is 13.2. The maximum atomic E-state index is 12.5. The summed E-state index contributed by atoms with van der Waals surface area (Å²) in [6.07, 6.45) is 0. The highest BCUT2D eigenvalue weighted by Crippen LogP contribution is 2.33. The van der Waals surface area contributed by atoms with Gasteiger partial charge in [0.05, 0.1) is 22.2 Å². The number of benzene rings is 2. The molecule has 2 N–H and O–H groups in total. The van der Waals surface area contributed by atoms with Crippen molar-refractivity contribution >= 4 is 33.2 Å². The van der Waals surface area contributed by atoms with Gasteiger partial charge in [0.15, 0.2) is 5.75 Å². The summed E-state index contributed by atoms with van der Waals surface area (Å²) in [6.45, 7) is 4.12. The number of hydrogen-bond acceptors (Lipinski definition) is 5. The Bertz CT molecular complexity index is 914. The van der Waals surface area contributed by atoms with E-state index in [-0.39, 0.29) is 17.5 Å². The number of halogens is 1. The van der Waals surface area contributed by atoms with Crippen molar-refractivity contribution in [3.05, 3.63) is 53.1 Å². The normalized spacial score (nSPS) is 11.5. The molecule has 1 amide bonds. The lowest BCUT2D eigenvalue weighted by Gasteiger charge is -2.14. The minimum absolute atomic E-state index is 0.0871. The molecule has 2 aromatic rings. The molecule has 0 radical (unpaired) electrons. The highest BCUT2D eigenvalue weighted by Gasteiger charge is 2.17. The SMILES string of the molecule is COCCOc1c(Cl)cccc1NC(=O)c1ccc(S(=O)(=O)NC(C)C)cc1. The van der Waals surface area contributed by atoms with Crippen molar-refractivity contribution < 1.29 is 22.7 Å². The van der Waals surface area contributed by atoms with Crippen LogP contribution in [-0.2, 0) is 14.8 Å². The molecule has 0 spiro atoms. The first kappa shape index (κ1) is 22.2. The van der Waals surface area contributed by atoms with Crippen molar-refractivity contribution in [3.63, 3.8) is 0 Å². The van der Waals surface area contributed by atoms with E-state index in [2.05, 4.69) is 10.0 Å². The highest BCUT2D eigenvalue weighted by molar-refractivity contribution is 7.89. The van der Waals surface area contributed by atoms with Crippen LogP contribution in [0.15, 0.2) is 47.4 Å². The first-order valence-electron chi connectivity index (χ1n) is 8.58. The van der Waals surface area contributed by atoms with Gasteiger partial charge in [-0.1, -0.05) is 17.7 Å². The van der Waals surface area contributed by atoms with Gasteiger partial charge in [0.25, 0.3) is 5.91 Å². The van der Waals surface area contributed by atoms with Crippen LogP contribution in [0.3, 0.4) is 0 Å². The van der Waals surface area contributed by atoms with Crippen molar-refractivity contribution in [3.8, 4) is 5.75 Å². The van der Waals surface area contributed by atoms with E-state index in [9.17, 15) is 13.2 Å². The monoisotopic (exact) mass is 426 g/mol. The van der Waals surface area contributed by atoms with E-state index in [0.717, 1.165) is 0 Å². The molecule has 7 nitrogen and oxygen atoms in total. The summed E-state index contributed by atoms with van der Waals surface area (Å²) in [5.41, 5.74) is 0.707. The van der Waals surface area contributed by atoms with E-state index in [1.54, 1.807) is 39.2 Å². The number of amides is 1. The molecular weight excluding hydrogens is 404 g/mol. The van der Waals surface area contributed by atoms with Gasteiger partial charge in [0.1, 0.15) is 6.61 Å². The second-order valence-corrected chi connectivity index (χ2v) is 8.33. The zero-order valence-electron chi connectivity index (χ0n) is 15.9. The van der Waals surface area contributed by atoms with Crippen LogP contribution < -0.4 is 14.8 Å². The molecule has 0 bridgehead atoms. The molecule has 0 aromatic heterocycles. The molecule has 0 atom stereocenters. The average Bonchev–Trinajstić information content (AvgIpc) is 2.63. The molecular formula is C19H23ClN2O5S. The third-order valence-electron chi connectivity index (χ3n) is 3.57. The Kier molecular flexibility index (Phi) is 7.82. The maximum absolute atomic E-state index is 12.5. The second kappa shape index (κ2) is 9.88. The quantitative estimate of drug-likeness (QED) is 0.600. The predicted octanol–water partition coefficient (Wildman–Crippen LogP) is 3.30. The topological polar surface area (TPSA) is 93.7 Å². The predicted molar refractivity (Wildman–Crippen MR) is 109 cm³/mol. The van der Waals surface area contributed by atoms with Gasteiger partial charge in [-0.3, -0.25) is 4.79 Å². The van der Waals surface area contributed by atoms with Crippen LogP contribution in [0.2, 0.25) is 5.02 Å². The van der Waals surface area contributed by atoms with Gasteiger partial charge in [0.2, 0.25) is 10.0 Å². The molecule has 0 saturated heterocycles. The van der Waals surface area contributed by atoms with E-state index < -0.39 is 15.9 Å². The largest absolute Gasteiger partial charge is 0.487 e. The zero-order valence-corrected chi connectivity index (χ0v) is 17.4. The second-order valence-electron chi connectivity index (χ2n) is 6.21. The van der Waals surface area contributed by atoms with Crippen LogP contribution in [0, 0.1) is 0 Å². The average molecular weight is 427 g/mol. The zero-order chi connectivity index (χ0) is 20.7. The summed E-state index contributed by atoms with van der Waals surface area (Å²) in [4.78, 5) is 12.6. The number of para-hydroxylation sites is 1. The Hall–Kier alpha value is -2.13. The molecule has 152 valence electrons. The summed E-state index contributed by atoms with van der Waals surface area (Å²) >= 11 is 6.16. The van der Waals surface area contributed by atoms with Crippen LogP contribution in [0.4, 0.5) is 5.69 Å². The van der Waals surface area contributed by atoms with Gasteiger partial charge in [0, 0.05) is 18.7 Å². The van der Waals surface area contributed by atoms with Crippen LogP contribution in [0.25, 0.3) is 0 Å². The summed E-state index contributed by atoms with van der Waals surface area (Å²) < 4.78 is 37.4. The molecule has 28 heavy (non-hydrogen) atoms. The molecule has 2 aromatic carbocycles. The van der Waals surface area contributed by atoms with Gasteiger partial charge >= 0.3 is 0 Å². The fourth-order valence-electron chi connectivity index (χ4n) is 2.34. The Labute approximate surface area is 170 Å². The Morgan fingerprint density at radius 2 is 1.79 bits per heavy atom. The van der Waals surface area contributed by atoms with Crippen molar-refractivity contribution in [2.75, 3.05) is 25.6 Å². The van der Waals surface area contributed by atoms with Crippen LogP contribution in [0.1, 0.15) is 24.2 Å². The van der Waals surface area contributed by atoms with Gasteiger partial charge < -0.3 is 14.8 Å². The Balaban J connectivity index is 2.17. The summed E-state index contributed by atoms with van der Waals surface area (Å²) in [6, 6.07) is 10.4. The van der Waals surface area contributed by atoms with E-state index >= 15 is 0 Å². The standard InChI is InChI=1S/C19H23ClN2O5S/c1-13(2)22-28(24,25)15-9-7-14(8-10-15)19(23)21-17-6-4-5-16(20)18(17)27-12-11-26-3/h4-10,13,22H,11-12H2,1-3H3,(H,21,23). The van der Waals surface area contributed by atoms with Gasteiger partial charge in [-0.05, 0) is 50.2 Å². The number of methoxy groups -OCH3 is 1. The smallest absolute Gasteiger partial charge is 0.255 e. The number of hydrogen-bond donors (Lipinski definition) is 2. The van der Waals surface area contributed by atoms with Crippen molar-refractivity contribution in [1.29, 1.82) is 0 Å². The molecule has 0 aliphatic rings. The van der Waals surface area contributed by atoms with E-state index in [0.29, 0.717) is 28.6 Å². The van der Waals surface area contributed by atoms with Crippen LogP contribution in [-0.4, -0.2) is 40.7 Å². The van der Waals surface area contributed by atoms with Gasteiger partial charge in [-0.15, -0.1) is 0 Å². The van der Waals surface area contributed by atoms with Crippen LogP contribution >= 0.6 is 11.6 Å². The number of ether oxygens (including phenoxy) is 2. The maximum Gasteiger partial charge on any atom is 0.255 e. The fraction of sp³-hybridized carbons (Fsp3) is 0.316. The number of sulfonamides is 1. The van der Waals surface area contributed by atoms with Crippen molar-refractivity contribution in [2.45, 2.75) is 24.8 Å². The number of carbonyl (C=O) groups is 1.